The first-order chi connectivity index (χ1) is 9.56. The van der Waals surface area contributed by atoms with Crippen molar-refractivity contribution in [3.05, 3.63) is 70.2 Å². The molecule has 2 aromatic carbocycles. The Hall–Kier alpha value is -1.25. The molecule has 0 spiro atoms. The molecule has 3 heteroatoms. The Kier molecular flexibility index (Phi) is 5.27. The number of carbonyl (C=O) groups excluding carboxylic acids is 1. The quantitative estimate of drug-likeness (QED) is 0.710. The average Bonchev–Trinajstić information content (AvgIpc) is 2.44. The van der Waals surface area contributed by atoms with Crippen LogP contribution in [-0.4, -0.2) is 11.0 Å². The molecule has 20 heavy (non-hydrogen) atoms. The molecule has 2 aromatic rings. The molecule has 0 saturated carbocycles. The van der Waals surface area contributed by atoms with E-state index >= 15 is 0 Å². The van der Waals surface area contributed by atoms with Gasteiger partial charge in [0.25, 0.3) is 0 Å². The number of carbonyl (C=O) groups is 1. The second-order valence-corrected chi connectivity index (χ2v) is 6.58. The summed E-state index contributed by atoms with van der Waals surface area (Å²) in [6.45, 7) is 4.03. The van der Waals surface area contributed by atoms with E-state index in [2.05, 4.69) is 31.2 Å². The number of ketones is 1. The summed E-state index contributed by atoms with van der Waals surface area (Å²) in [4.78, 5) is 12.3. The van der Waals surface area contributed by atoms with Crippen molar-refractivity contribution in [3.8, 4) is 0 Å². The number of hydrogen-bond donors (Lipinski definition) is 0. The topological polar surface area (TPSA) is 17.1 Å². The van der Waals surface area contributed by atoms with E-state index in [9.17, 15) is 4.79 Å². The SMILES string of the molecule is Cc1cccc(CSC(C)C(=O)c2cccc(Cl)c2)c1. The molecular formula is C17H17ClOS. The fraction of sp³-hybridized carbons (Fsp3) is 0.235. The Labute approximate surface area is 129 Å². The van der Waals surface area contributed by atoms with Crippen LogP contribution in [0.1, 0.15) is 28.4 Å². The number of rotatable bonds is 5. The maximum absolute atomic E-state index is 12.3. The summed E-state index contributed by atoms with van der Waals surface area (Å²) in [5.74, 6) is 0.972. The molecule has 0 N–H and O–H groups in total. The van der Waals surface area contributed by atoms with Crippen molar-refractivity contribution in [3.63, 3.8) is 0 Å². The van der Waals surface area contributed by atoms with Crippen molar-refractivity contribution in [1.82, 2.24) is 0 Å². The normalized spacial score (nSPS) is 12.2. The van der Waals surface area contributed by atoms with E-state index < -0.39 is 0 Å². The molecule has 0 heterocycles. The fourth-order valence-corrected chi connectivity index (χ4v) is 3.08. The highest BCUT2D eigenvalue weighted by atomic mass is 35.5. The number of halogens is 1. The predicted molar refractivity (Wildman–Crippen MR) is 87.7 cm³/mol. The van der Waals surface area contributed by atoms with Gasteiger partial charge in [0.2, 0.25) is 0 Å². The molecule has 0 aliphatic rings. The van der Waals surface area contributed by atoms with Gasteiger partial charge in [-0.2, -0.15) is 0 Å². The Morgan fingerprint density at radius 3 is 2.65 bits per heavy atom. The van der Waals surface area contributed by atoms with Gasteiger partial charge in [-0.3, -0.25) is 4.79 Å². The van der Waals surface area contributed by atoms with Crippen LogP contribution >= 0.6 is 23.4 Å². The zero-order valence-corrected chi connectivity index (χ0v) is 13.2. The molecule has 2 rings (SSSR count). The van der Waals surface area contributed by atoms with Gasteiger partial charge in [-0.15, -0.1) is 11.8 Å². The maximum Gasteiger partial charge on any atom is 0.175 e. The van der Waals surface area contributed by atoms with Gasteiger partial charge in [0.05, 0.1) is 5.25 Å². The second kappa shape index (κ2) is 6.96. The molecule has 0 fully saturated rings. The fourth-order valence-electron chi connectivity index (χ4n) is 1.98. The van der Waals surface area contributed by atoms with Gasteiger partial charge in [0.15, 0.2) is 5.78 Å². The van der Waals surface area contributed by atoms with Crippen LogP contribution in [0.15, 0.2) is 48.5 Å². The second-order valence-electron chi connectivity index (χ2n) is 4.82. The summed E-state index contributed by atoms with van der Waals surface area (Å²) in [6, 6.07) is 15.5. The van der Waals surface area contributed by atoms with E-state index in [1.807, 2.05) is 19.1 Å². The predicted octanol–water partition coefficient (Wildman–Crippen LogP) is 5.15. The van der Waals surface area contributed by atoms with E-state index in [1.165, 1.54) is 11.1 Å². The molecule has 0 radical (unpaired) electrons. The minimum Gasteiger partial charge on any atom is -0.293 e. The van der Waals surface area contributed by atoms with Crippen LogP contribution in [0.4, 0.5) is 0 Å². The molecule has 1 atom stereocenters. The lowest BCUT2D eigenvalue weighted by molar-refractivity contribution is 0.0994. The van der Waals surface area contributed by atoms with E-state index in [1.54, 1.807) is 23.9 Å². The number of aryl methyl sites for hydroxylation is 1. The first-order valence-electron chi connectivity index (χ1n) is 6.53. The van der Waals surface area contributed by atoms with Crippen molar-refractivity contribution in [1.29, 1.82) is 0 Å². The van der Waals surface area contributed by atoms with Crippen LogP contribution in [0.25, 0.3) is 0 Å². The first kappa shape index (κ1) is 15.1. The average molecular weight is 305 g/mol. The van der Waals surface area contributed by atoms with Gasteiger partial charge >= 0.3 is 0 Å². The molecule has 1 unspecified atom stereocenters. The van der Waals surface area contributed by atoms with Crippen molar-refractivity contribution in [2.45, 2.75) is 24.9 Å². The summed E-state index contributed by atoms with van der Waals surface area (Å²) in [6.07, 6.45) is 0. The number of benzene rings is 2. The standard InChI is InChI=1S/C17H17ClOS/c1-12-5-3-6-14(9-12)11-20-13(2)17(19)15-7-4-8-16(18)10-15/h3-10,13H,11H2,1-2H3. The summed E-state index contributed by atoms with van der Waals surface area (Å²) in [7, 11) is 0. The largest absolute Gasteiger partial charge is 0.293 e. The molecule has 1 nitrogen and oxygen atoms in total. The lowest BCUT2D eigenvalue weighted by Gasteiger charge is -2.11. The summed E-state index contributed by atoms with van der Waals surface area (Å²) in [5, 5.41) is 0.528. The van der Waals surface area contributed by atoms with Crippen LogP contribution in [-0.2, 0) is 5.75 Å². The van der Waals surface area contributed by atoms with Crippen molar-refractivity contribution < 1.29 is 4.79 Å². The van der Waals surface area contributed by atoms with Gasteiger partial charge in [0, 0.05) is 16.3 Å². The van der Waals surface area contributed by atoms with E-state index in [4.69, 9.17) is 11.6 Å². The highest BCUT2D eigenvalue weighted by Crippen LogP contribution is 2.22. The molecule has 0 saturated heterocycles. The first-order valence-corrected chi connectivity index (χ1v) is 7.96. The summed E-state index contributed by atoms with van der Waals surface area (Å²) >= 11 is 7.58. The number of thioether (sulfide) groups is 1. The molecule has 0 aliphatic carbocycles. The van der Waals surface area contributed by atoms with E-state index in [0.29, 0.717) is 10.6 Å². The smallest absolute Gasteiger partial charge is 0.175 e. The van der Waals surface area contributed by atoms with Crippen molar-refractivity contribution in [2.24, 2.45) is 0 Å². The van der Waals surface area contributed by atoms with Gasteiger partial charge in [-0.05, 0) is 31.5 Å². The number of Topliss-reactive ketones (excluding diaryl/α,β-unsaturated/α-hetero) is 1. The number of hydrogen-bond acceptors (Lipinski definition) is 2. The van der Waals surface area contributed by atoms with Gasteiger partial charge < -0.3 is 0 Å². The third-order valence-corrected chi connectivity index (χ3v) is 4.51. The minimum atomic E-state index is -0.0750. The van der Waals surface area contributed by atoms with Crippen LogP contribution in [0.5, 0.6) is 0 Å². The minimum absolute atomic E-state index is 0.0750. The Balaban J connectivity index is 1.98. The van der Waals surface area contributed by atoms with Crippen molar-refractivity contribution >= 4 is 29.1 Å². The zero-order chi connectivity index (χ0) is 14.5. The van der Waals surface area contributed by atoms with Gasteiger partial charge in [-0.25, -0.2) is 0 Å². The van der Waals surface area contributed by atoms with Crippen LogP contribution < -0.4 is 0 Å². The monoisotopic (exact) mass is 304 g/mol. The maximum atomic E-state index is 12.3. The lowest BCUT2D eigenvalue weighted by Crippen LogP contribution is -2.13. The van der Waals surface area contributed by atoms with Gasteiger partial charge in [0.1, 0.15) is 0 Å². The van der Waals surface area contributed by atoms with Crippen molar-refractivity contribution in [2.75, 3.05) is 0 Å². The third-order valence-electron chi connectivity index (χ3n) is 3.06. The third kappa shape index (κ3) is 4.12. The Morgan fingerprint density at radius 2 is 1.95 bits per heavy atom. The molecule has 0 aliphatic heterocycles. The molecular weight excluding hydrogens is 288 g/mol. The van der Waals surface area contributed by atoms with Crippen LogP contribution in [0.2, 0.25) is 5.02 Å². The van der Waals surface area contributed by atoms with Crippen LogP contribution in [0.3, 0.4) is 0 Å². The van der Waals surface area contributed by atoms with Crippen LogP contribution in [0, 0.1) is 6.92 Å². The highest BCUT2D eigenvalue weighted by molar-refractivity contribution is 7.99. The lowest BCUT2D eigenvalue weighted by atomic mass is 10.1. The molecule has 0 amide bonds. The Morgan fingerprint density at radius 1 is 1.20 bits per heavy atom. The summed E-state index contributed by atoms with van der Waals surface area (Å²) < 4.78 is 0. The zero-order valence-electron chi connectivity index (χ0n) is 11.6. The highest BCUT2D eigenvalue weighted by Gasteiger charge is 2.15. The molecule has 0 aromatic heterocycles. The van der Waals surface area contributed by atoms with E-state index in [0.717, 1.165) is 5.75 Å². The molecule has 0 bridgehead atoms. The Bertz CT molecular complexity index is 609. The van der Waals surface area contributed by atoms with Gasteiger partial charge in [-0.1, -0.05) is 53.6 Å². The summed E-state index contributed by atoms with van der Waals surface area (Å²) in [5.41, 5.74) is 3.18. The molecule has 104 valence electrons. The van der Waals surface area contributed by atoms with E-state index in [-0.39, 0.29) is 11.0 Å².